The number of nitrogens with zero attached hydrogens (tertiary/aromatic N) is 4. The molecule has 0 amide bonds. The second-order valence-corrected chi connectivity index (χ2v) is 2.43. The van der Waals surface area contributed by atoms with Crippen LogP contribution < -0.4 is 10.5 Å². The monoisotopic (exact) mass is 179 g/mol. The van der Waals surface area contributed by atoms with Crippen LogP contribution in [0, 0.1) is 0 Å². The zero-order valence-electron chi connectivity index (χ0n) is 6.92. The molecule has 2 aromatic rings. The van der Waals surface area contributed by atoms with Gasteiger partial charge in [0.1, 0.15) is 12.9 Å². The molecule has 0 bridgehead atoms. The van der Waals surface area contributed by atoms with Gasteiger partial charge in [-0.15, -0.1) is 10.2 Å². The molecule has 2 heterocycles. The van der Waals surface area contributed by atoms with E-state index in [1.807, 2.05) is 0 Å². The first kappa shape index (κ1) is 7.93. The Kier molecular flexibility index (Phi) is 2.05. The summed E-state index contributed by atoms with van der Waals surface area (Å²) in [6.45, 7) is 0.885. The second kappa shape index (κ2) is 3.36. The van der Waals surface area contributed by atoms with E-state index >= 15 is 0 Å². The van der Waals surface area contributed by atoms with Gasteiger partial charge in [-0.1, -0.05) is 0 Å². The summed E-state index contributed by atoms with van der Waals surface area (Å²) in [5.41, 5.74) is 5.91. The average molecular weight is 179 g/mol. The predicted octanol–water partition coefficient (Wildman–Crippen LogP) is -0.538. The average Bonchev–Trinajstić information content (AvgIpc) is 2.62. The number of hydrogen-bond acceptors (Lipinski definition) is 5. The van der Waals surface area contributed by atoms with Crippen LogP contribution in [-0.4, -0.2) is 32.7 Å². The molecule has 68 valence electrons. The molecule has 2 N–H and O–H groups in total. The predicted molar refractivity (Wildman–Crippen MR) is 45.3 cm³/mol. The molecule has 0 saturated carbocycles. The SMILES string of the molecule is NCCOc1nccn2cnnc12. The Bertz CT molecular complexity index is 398. The summed E-state index contributed by atoms with van der Waals surface area (Å²) in [7, 11) is 0. The van der Waals surface area contributed by atoms with E-state index in [0.29, 0.717) is 24.7 Å². The number of ether oxygens (including phenoxy) is 1. The third kappa shape index (κ3) is 1.43. The molecule has 2 aromatic heterocycles. The molecule has 0 saturated heterocycles. The Labute approximate surface area is 74.4 Å². The van der Waals surface area contributed by atoms with Gasteiger partial charge in [-0.2, -0.15) is 0 Å². The van der Waals surface area contributed by atoms with Gasteiger partial charge in [0.25, 0.3) is 5.88 Å². The van der Waals surface area contributed by atoms with Crippen molar-refractivity contribution in [3.05, 3.63) is 18.7 Å². The van der Waals surface area contributed by atoms with E-state index in [1.165, 1.54) is 0 Å². The number of fused-ring (bicyclic) bond motifs is 1. The lowest BCUT2D eigenvalue weighted by Crippen LogP contribution is -2.11. The van der Waals surface area contributed by atoms with Crippen molar-refractivity contribution in [2.24, 2.45) is 5.73 Å². The van der Waals surface area contributed by atoms with E-state index in [-0.39, 0.29) is 0 Å². The molecular weight excluding hydrogens is 170 g/mol. The topological polar surface area (TPSA) is 78.3 Å². The van der Waals surface area contributed by atoms with E-state index in [0.717, 1.165) is 0 Å². The van der Waals surface area contributed by atoms with Crippen molar-refractivity contribution in [2.45, 2.75) is 0 Å². The molecule has 6 nitrogen and oxygen atoms in total. The maximum absolute atomic E-state index is 5.30. The number of hydrogen-bond donors (Lipinski definition) is 1. The Morgan fingerprint density at radius 2 is 2.46 bits per heavy atom. The Morgan fingerprint density at radius 1 is 1.54 bits per heavy atom. The highest BCUT2D eigenvalue weighted by atomic mass is 16.5. The summed E-state index contributed by atoms with van der Waals surface area (Å²) in [5.74, 6) is 0.463. The maximum Gasteiger partial charge on any atom is 0.260 e. The molecular formula is C7H9N5O. The van der Waals surface area contributed by atoms with Crippen LogP contribution in [0.2, 0.25) is 0 Å². The Morgan fingerprint density at radius 3 is 3.31 bits per heavy atom. The van der Waals surface area contributed by atoms with Crippen LogP contribution in [-0.2, 0) is 0 Å². The first-order chi connectivity index (χ1) is 6.42. The van der Waals surface area contributed by atoms with Crippen LogP contribution in [0.3, 0.4) is 0 Å². The second-order valence-electron chi connectivity index (χ2n) is 2.43. The minimum absolute atomic E-state index is 0.430. The van der Waals surface area contributed by atoms with Gasteiger partial charge >= 0.3 is 0 Å². The highest BCUT2D eigenvalue weighted by Crippen LogP contribution is 2.11. The van der Waals surface area contributed by atoms with E-state index in [9.17, 15) is 0 Å². The molecule has 0 aromatic carbocycles. The fourth-order valence-electron chi connectivity index (χ4n) is 0.993. The van der Waals surface area contributed by atoms with Crippen LogP contribution >= 0.6 is 0 Å². The van der Waals surface area contributed by atoms with Crippen molar-refractivity contribution in [1.29, 1.82) is 0 Å². The smallest absolute Gasteiger partial charge is 0.260 e. The molecule has 0 fully saturated rings. The molecule has 0 aliphatic carbocycles. The van der Waals surface area contributed by atoms with Crippen LogP contribution in [0.15, 0.2) is 18.7 Å². The zero-order valence-corrected chi connectivity index (χ0v) is 6.92. The van der Waals surface area contributed by atoms with Crippen molar-refractivity contribution < 1.29 is 4.74 Å². The molecule has 0 atom stereocenters. The summed E-state index contributed by atoms with van der Waals surface area (Å²) >= 11 is 0. The molecule has 2 rings (SSSR count). The maximum atomic E-state index is 5.30. The number of nitrogens with two attached hydrogens (primary N) is 1. The van der Waals surface area contributed by atoms with Crippen molar-refractivity contribution in [3.8, 4) is 5.88 Å². The summed E-state index contributed by atoms with van der Waals surface area (Å²) in [6, 6.07) is 0. The number of aromatic nitrogens is 4. The molecule has 13 heavy (non-hydrogen) atoms. The third-order valence-electron chi connectivity index (χ3n) is 1.54. The lowest BCUT2D eigenvalue weighted by Gasteiger charge is -2.02. The fourth-order valence-corrected chi connectivity index (χ4v) is 0.993. The van der Waals surface area contributed by atoms with E-state index in [4.69, 9.17) is 10.5 Å². The zero-order chi connectivity index (χ0) is 9.10. The quantitative estimate of drug-likeness (QED) is 0.684. The van der Waals surface area contributed by atoms with Gasteiger partial charge < -0.3 is 10.5 Å². The first-order valence-corrected chi connectivity index (χ1v) is 3.89. The Hall–Kier alpha value is -1.69. The lowest BCUT2D eigenvalue weighted by molar-refractivity contribution is 0.317. The highest BCUT2D eigenvalue weighted by Gasteiger charge is 2.04. The Balaban J connectivity index is 2.37. The van der Waals surface area contributed by atoms with Gasteiger partial charge in [-0.25, -0.2) is 4.98 Å². The highest BCUT2D eigenvalue weighted by molar-refractivity contribution is 5.47. The minimum Gasteiger partial charge on any atom is -0.474 e. The van der Waals surface area contributed by atoms with E-state index in [1.54, 1.807) is 23.1 Å². The van der Waals surface area contributed by atoms with Gasteiger partial charge in [-0.3, -0.25) is 4.40 Å². The van der Waals surface area contributed by atoms with Crippen LogP contribution in [0.1, 0.15) is 0 Å². The fraction of sp³-hybridized carbons (Fsp3) is 0.286. The van der Waals surface area contributed by atoms with Gasteiger partial charge in [0, 0.05) is 18.9 Å². The number of rotatable bonds is 3. The largest absolute Gasteiger partial charge is 0.474 e. The molecule has 0 unspecified atom stereocenters. The first-order valence-electron chi connectivity index (χ1n) is 3.89. The van der Waals surface area contributed by atoms with Gasteiger partial charge in [-0.05, 0) is 0 Å². The van der Waals surface area contributed by atoms with Gasteiger partial charge in [0.05, 0.1) is 0 Å². The molecule has 0 aliphatic rings. The summed E-state index contributed by atoms with van der Waals surface area (Å²) in [6.07, 6.45) is 4.97. The van der Waals surface area contributed by atoms with Crippen LogP contribution in [0.5, 0.6) is 5.88 Å². The minimum atomic E-state index is 0.430. The van der Waals surface area contributed by atoms with Gasteiger partial charge in [0.15, 0.2) is 0 Å². The molecule has 0 radical (unpaired) electrons. The summed E-state index contributed by atoms with van der Waals surface area (Å²) in [5, 5.41) is 7.59. The van der Waals surface area contributed by atoms with Crippen molar-refractivity contribution in [3.63, 3.8) is 0 Å². The van der Waals surface area contributed by atoms with Crippen molar-refractivity contribution in [2.75, 3.05) is 13.2 Å². The standard InChI is InChI=1S/C7H9N5O/c8-1-4-13-7-6-11-10-5-12(6)3-2-9-7/h2-3,5H,1,4,8H2. The van der Waals surface area contributed by atoms with E-state index < -0.39 is 0 Å². The molecule has 0 spiro atoms. The summed E-state index contributed by atoms with van der Waals surface area (Å²) in [4.78, 5) is 4.02. The van der Waals surface area contributed by atoms with Gasteiger partial charge in [0.2, 0.25) is 5.65 Å². The third-order valence-corrected chi connectivity index (χ3v) is 1.54. The van der Waals surface area contributed by atoms with Crippen LogP contribution in [0.4, 0.5) is 0 Å². The lowest BCUT2D eigenvalue weighted by atomic mass is 10.6. The molecule has 6 heteroatoms. The van der Waals surface area contributed by atoms with Crippen LogP contribution in [0.25, 0.3) is 5.65 Å². The van der Waals surface area contributed by atoms with Crippen molar-refractivity contribution >= 4 is 5.65 Å². The van der Waals surface area contributed by atoms with E-state index in [2.05, 4.69) is 15.2 Å². The molecule has 0 aliphatic heterocycles. The normalized spacial score (nSPS) is 10.5. The summed E-state index contributed by atoms with van der Waals surface area (Å²) < 4.78 is 7.00. The van der Waals surface area contributed by atoms with Crippen molar-refractivity contribution in [1.82, 2.24) is 19.6 Å².